The van der Waals surface area contributed by atoms with Crippen LogP contribution in [0.25, 0.3) is 0 Å². The van der Waals surface area contributed by atoms with Crippen LogP contribution in [0.2, 0.25) is 5.02 Å². The van der Waals surface area contributed by atoms with Crippen molar-refractivity contribution in [1.82, 2.24) is 5.32 Å². The molecule has 2 aromatic rings. The molecule has 10 heteroatoms. The number of rotatable bonds is 6. The minimum absolute atomic E-state index is 0.0177. The topological polar surface area (TPSA) is 132 Å². The Hall–Kier alpha value is -3.30. The number of hydrogen-bond donors (Lipinski definition) is 4. The molecule has 9 nitrogen and oxygen atoms in total. The average molecular weight is 473 g/mol. The van der Waals surface area contributed by atoms with Gasteiger partial charge in [-0.15, -0.1) is 0 Å². The molecule has 0 saturated carbocycles. The van der Waals surface area contributed by atoms with Gasteiger partial charge >= 0.3 is 0 Å². The molecule has 1 saturated heterocycles. The van der Waals surface area contributed by atoms with E-state index < -0.39 is 29.3 Å². The Bertz CT molecular complexity index is 1150. The molecule has 4 rings (SSSR count). The van der Waals surface area contributed by atoms with Crippen LogP contribution < -0.4 is 31.2 Å². The number of nitrogens with one attached hydrogen (secondary N) is 3. The molecule has 3 atom stereocenters. The summed E-state index contributed by atoms with van der Waals surface area (Å²) in [7, 11) is 3.01. The molecule has 2 heterocycles. The summed E-state index contributed by atoms with van der Waals surface area (Å²) in [6.45, 7) is 1.83. The molecule has 2 aliphatic rings. The van der Waals surface area contributed by atoms with Gasteiger partial charge in [0.1, 0.15) is 17.0 Å². The third-order valence-corrected chi connectivity index (χ3v) is 6.44. The number of amides is 3. The van der Waals surface area contributed by atoms with Crippen molar-refractivity contribution >= 4 is 40.7 Å². The van der Waals surface area contributed by atoms with Crippen molar-refractivity contribution in [3.63, 3.8) is 0 Å². The Labute approximate surface area is 195 Å². The molecule has 0 bridgehead atoms. The number of benzene rings is 2. The van der Waals surface area contributed by atoms with Gasteiger partial charge in [0.05, 0.1) is 25.8 Å². The van der Waals surface area contributed by atoms with E-state index in [-0.39, 0.29) is 18.7 Å². The summed E-state index contributed by atoms with van der Waals surface area (Å²) in [6.07, 6.45) is 0.204. The first-order chi connectivity index (χ1) is 15.7. The van der Waals surface area contributed by atoms with Gasteiger partial charge in [0.25, 0.3) is 0 Å². The van der Waals surface area contributed by atoms with Crippen LogP contribution in [-0.2, 0) is 19.9 Å². The summed E-state index contributed by atoms with van der Waals surface area (Å²) in [6, 6.07) is 7.96. The first kappa shape index (κ1) is 22.9. The molecule has 3 amide bonds. The smallest absolute Gasteiger partial charge is 0.250 e. The summed E-state index contributed by atoms with van der Waals surface area (Å²) >= 11 is 6.32. The lowest BCUT2D eigenvalue weighted by atomic mass is 9.79. The predicted molar refractivity (Wildman–Crippen MR) is 124 cm³/mol. The summed E-state index contributed by atoms with van der Waals surface area (Å²) in [5.74, 6) is -1.21. The standard InChI is InChI=1S/C23H25ClN4O5/c1-11-6-12(24)7-15-20(11)27-22(31)23(15)16(8-13(28-23)9-19(25)29)21(30)26-17-10-14(32-2)4-5-18(17)33-3/h4-7,10,13,16,28H,8-9H2,1-3H3,(H2,25,29)(H,26,30)(H,27,31)/t13-,16-,23+/m1/s1. The third-order valence-electron chi connectivity index (χ3n) is 6.23. The first-order valence-electron chi connectivity index (χ1n) is 10.4. The molecule has 0 aliphatic carbocycles. The number of primary amides is 1. The van der Waals surface area contributed by atoms with Crippen LogP contribution in [0, 0.1) is 12.8 Å². The lowest BCUT2D eigenvalue weighted by Gasteiger charge is -2.29. The fourth-order valence-corrected chi connectivity index (χ4v) is 5.07. The second kappa shape index (κ2) is 8.57. The highest BCUT2D eigenvalue weighted by atomic mass is 35.5. The summed E-state index contributed by atoms with van der Waals surface area (Å²) < 4.78 is 10.6. The minimum atomic E-state index is -1.40. The van der Waals surface area contributed by atoms with E-state index in [9.17, 15) is 14.4 Å². The number of fused-ring (bicyclic) bond motifs is 2. The highest BCUT2D eigenvalue weighted by Crippen LogP contribution is 2.49. The number of hydrogen-bond acceptors (Lipinski definition) is 6. The second-order valence-corrected chi connectivity index (χ2v) is 8.70. The van der Waals surface area contributed by atoms with Crippen LogP contribution in [0.5, 0.6) is 11.5 Å². The fourth-order valence-electron chi connectivity index (χ4n) is 4.80. The fraction of sp³-hybridized carbons (Fsp3) is 0.348. The van der Waals surface area contributed by atoms with Gasteiger partial charge in [-0.1, -0.05) is 11.6 Å². The summed E-state index contributed by atoms with van der Waals surface area (Å²) in [5, 5.41) is 9.44. The van der Waals surface area contributed by atoms with E-state index in [0.717, 1.165) is 5.56 Å². The van der Waals surface area contributed by atoms with Crippen LogP contribution in [0.3, 0.4) is 0 Å². The molecule has 0 radical (unpaired) electrons. The molecule has 1 spiro atoms. The van der Waals surface area contributed by atoms with Gasteiger partial charge in [-0.3, -0.25) is 19.7 Å². The highest BCUT2D eigenvalue weighted by Gasteiger charge is 2.60. The molecule has 33 heavy (non-hydrogen) atoms. The lowest BCUT2D eigenvalue weighted by molar-refractivity contribution is -0.130. The molecule has 0 unspecified atom stereocenters. The molecule has 1 fully saturated rings. The van der Waals surface area contributed by atoms with E-state index >= 15 is 0 Å². The van der Waals surface area contributed by atoms with Gasteiger partial charge in [-0.2, -0.15) is 0 Å². The number of halogens is 1. The van der Waals surface area contributed by atoms with E-state index in [2.05, 4.69) is 16.0 Å². The van der Waals surface area contributed by atoms with Gasteiger partial charge in [0.2, 0.25) is 17.7 Å². The van der Waals surface area contributed by atoms with Crippen molar-refractivity contribution < 1.29 is 23.9 Å². The van der Waals surface area contributed by atoms with Gasteiger partial charge in [-0.25, -0.2) is 0 Å². The average Bonchev–Trinajstić information content (AvgIpc) is 3.27. The number of aryl methyl sites for hydroxylation is 1. The van der Waals surface area contributed by atoms with Crippen molar-refractivity contribution in [2.24, 2.45) is 11.7 Å². The molecular formula is C23H25ClN4O5. The van der Waals surface area contributed by atoms with E-state index in [1.54, 1.807) is 30.3 Å². The maximum atomic E-state index is 13.6. The number of carbonyl (C=O) groups is 3. The normalized spacial score (nSPS) is 23.2. The Morgan fingerprint density at radius 1 is 1.24 bits per heavy atom. The number of ether oxygens (including phenoxy) is 2. The molecule has 2 aromatic carbocycles. The zero-order valence-electron chi connectivity index (χ0n) is 18.5. The molecular weight excluding hydrogens is 448 g/mol. The van der Waals surface area contributed by atoms with Crippen LogP contribution in [0.15, 0.2) is 30.3 Å². The number of nitrogens with two attached hydrogens (primary N) is 1. The first-order valence-corrected chi connectivity index (χ1v) is 10.8. The van der Waals surface area contributed by atoms with Crippen LogP contribution in [-0.4, -0.2) is 38.0 Å². The Morgan fingerprint density at radius 3 is 2.67 bits per heavy atom. The zero-order valence-corrected chi connectivity index (χ0v) is 19.2. The van der Waals surface area contributed by atoms with Crippen molar-refractivity contribution in [3.05, 3.63) is 46.5 Å². The number of methoxy groups -OCH3 is 2. The third kappa shape index (κ3) is 3.87. The maximum absolute atomic E-state index is 13.6. The molecule has 2 aliphatic heterocycles. The second-order valence-electron chi connectivity index (χ2n) is 8.26. The summed E-state index contributed by atoms with van der Waals surface area (Å²) in [4.78, 5) is 38.7. The minimum Gasteiger partial charge on any atom is -0.497 e. The SMILES string of the molecule is COc1ccc(OC)c(NC(=O)[C@H]2C[C@H](CC(N)=O)N[C@]23C(=O)Nc2c(C)cc(Cl)cc23)c1. The van der Waals surface area contributed by atoms with Gasteiger partial charge in [0.15, 0.2) is 0 Å². The number of anilines is 2. The van der Waals surface area contributed by atoms with Gasteiger partial charge in [-0.05, 0) is 43.2 Å². The predicted octanol–water partition coefficient (Wildman–Crippen LogP) is 2.31. The molecule has 0 aromatic heterocycles. The van der Waals surface area contributed by atoms with E-state index in [1.807, 2.05) is 6.92 Å². The lowest BCUT2D eigenvalue weighted by Crippen LogP contribution is -2.52. The van der Waals surface area contributed by atoms with Crippen molar-refractivity contribution in [3.8, 4) is 11.5 Å². The van der Waals surface area contributed by atoms with Crippen LogP contribution in [0.4, 0.5) is 11.4 Å². The van der Waals surface area contributed by atoms with E-state index in [0.29, 0.717) is 33.5 Å². The van der Waals surface area contributed by atoms with Crippen molar-refractivity contribution in [1.29, 1.82) is 0 Å². The van der Waals surface area contributed by atoms with E-state index in [1.165, 1.54) is 14.2 Å². The largest absolute Gasteiger partial charge is 0.497 e. The molecule has 174 valence electrons. The Balaban J connectivity index is 1.77. The van der Waals surface area contributed by atoms with E-state index in [4.69, 9.17) is 26.8 Å². The van der Waals surface area contributed by atoms with Crippen molar-refractivity contribution in [2.75, 3.05) is 24.9 Å². The van der Waals surface area contributed by atoms with Gasteiger partial charge < -0.3 is 25.8 Å². The maximum Gasteiger partial charge on any atom is 0.250 e. The van der Waals surface area contributed by atoms with Gasteiger partial charge in [0, 0.05) is 34.8 Å². The monoisotopic (exact) mass is 472 g/mol. The zero-order chi connectivity index (χ0) is 23.9. The quantitative estimate of drug-likeness (QED) is 0.510. The Morgan fingerprint density at radius 2 is 2.00 bits per heavy atom. The van der Waals surface area contributed by atoms with Crippen LogP contribution >= 0.6 is 11.6 Å². The van der Waals surface area contributed by atoms with Crippen molar-refractivity contribution in [2.45, 2.75) is 31.3 Å². The van der Waals surface area contributed by atoms with Crippen LogP contribution in [0.1, 0.15) is 24.0 Å². The summed E-state index contributed by atoms with van der Waals surface area (Å²) in [5.41, 5.74) is 6.37. The molecule has 5 N–H and O–H groups in total. The number of carbonyl (C=O) groups excluding carboxylic acids is 3. The Kier molecular flexibility index (Phi) is 5.94. The highest BCUT2D eigenvalue weighted by molar-refractivity contribution is 6.31.